The van der Waals surface area contributed by atoms with Crippen LogP contribution >= 0.6 is 15.9 Å². The van der Waals surface area contributed by atoms with Gasteiger partial charge in [-0.05, 0) is 30.7 Å². The molecule has 1 rings (SSSR count). The summed E-state index contributed by atoms with van der Waals surface area (Å²) < 4.78 is 25.9. The van der Waals surface area contributed by atoms with Gasteiger partial charge in [0, 0.05) is 10.2 Å². The topological polar surface area (TPSA) is 66.4 Å². The van der Waals surface area contributed by atoms with Crippen LogP contribution in [-0.4, -0.2) is 25.9 Å². The Labute approximate surface area is 97.5 Å². The first-order chi connectivity index (χ1) is 6.94. The molecule has 0 atom stereocenters. The number of sulfonamides is 1. The van der Waals surface area contributed by atoms with Gasteiger partial charge in [0.15, 0.2) is 0 Å². The van der Waals surface area contributed by atoms with Gasteiger partial charge in [0.2, 0.25) is 10.0 Å². The van der Waals surface area contributed by atoms with Crippen molar-refractivity contribution in [2.45, 2.75) is 6.92 Å². The number of aliphatic hydroxyl groups is 1. The van der Waals surface area contributed by atoms with Gasteiger partial charge < -0.3 is 5.11 Å². The van der Waals surface area contributed by atoms with Crippen LogP contribution in [0.2, 0.25) is 0 Å². The molecule has 0 aromatic heterocycles. The monoisotopic (exact) mass is 293 g/mol. The number of hydrogen-bond donors (Lipinski definition) is 2. The molecule has 0 unspecified atom stereocenters. The maximum absolute atomic E-state index is 11.3. The Bertz CT molecular complexity index is 445. The molecule has 0 aliphatic carbocycles. The fourth-order valence-corrected chi connectivity index (χ4v) is 2.13. The Balaban J connectivity index is 2.86. The highest BCUT2D eigenvalue weighted by atomic mass is 79.9. The smallest absolute Gasteiger partial charge is 0.234 e. The fourth-order valence-electron chi connectivity index (χ4n) is 1.06. The zero-order valence-corrected chi connectivity index (χ0v) is 10.6. The predicted octanol–water partition coefficient (Wildman–Crippen LogP) is 1.49. The van der Waals surface area contributed by atoms with Crippen LogP contribution < -0.4 is 4.72 Å². The van der Waals surface area contributed by atoms with Crippen molar-refractivity contribution < 1.29 is 13.5 Å². The molecule has 0 aliphatic heterocycles. The molecule has 0 radical (unpaired) electrons. The zero-order valence-electron chi connectivity index (χ0n) is 8.20. The SMILES string of the molecule is Cc1cc(NS(=O)(=O)CCO)ccc1Br. The molecule has 1 aromatic carbocycles. The van der Waals surface area contributed by atoms with Crippen molar-refractivity contribution >= 4 is 31.6 Å². The maximum atomic E-state index is 11.3. The Hall–Kier alpha value is -0.590. The van der Waals surface area contributed by atoms with E-state index in [4.69, 9.17) is 5.11 Å². The minimum atomic E-state index is -3.43. The molecule has 15 heavy (non-hydrogen) atoms. The first-order valence-corrected chi connectivity index (χ1v) is 6.76. The summed E-state index contributed by atoms with van der Waals surface area (Å²) in [5.41, 5.74) is 1.45. The molecule has 0 fully saturated rings. The number of anilines is 1. The normalized spacial score (nSPS) is 11.4. The standard InChI is InChI=1S/C9H12BrNO3S/c1-7-6-8(2-3-9(7)10)11-15(13,14)5-4-12/h2-3,6,11-12H,4-5H2,1H3. The van der Waals surface area contributed by atoms with E-state index in [0.717, 1.165) is 10.0 Å². The minimum absolute atomic E-state index is 0.290. The fraction of sp³-hybridized carbons (Fsp3) is 0.333. The Morgan fingerprint density at radius 2 is 2.13 bits per heavy atom. The molecule has 0 spiro atoms. The van der Waals surface area contributed by atoms with Gasteiger partial charge in [-0.1, -0.05) is 15.9 Å². The van der Waals surface area contributed by atoms with E-state index in [0.29, 0.717) is 5.69 Å². The van der Waals surface area contributed by atoms with Crippen LogP contribution in [0, 0.1) is 6.92 Å². The predicted molar refractivity (Wildman–Crippen MR) is 63.4 cm³/mol. The summed E-state index contributed by atoms with van der Waals surface area (Å²) in [6.07, 6.45) is 0. The van der Waals surface area contributed by atoms with Crippen LogP contribution in [0.3, 0.4) is 0 Å². The van der Waals surface area contributed by atoms with Gasteiger partial charge in [0.1, 0.15) is 0 Å². The summed E-state index contributed by atoms with van der Waals surface area (Å²) in [7, 11) is -3.43. The average Bonchev–Trinajstić information content (AvgIpc) is 2.10. The Morgan fingerprint density at radius 3 is 2.67 bits per heavy atom. The van der Waals surface area contributed by atoms with E-state index in [1.807, 2.05) is 6.92 Å². The molecule has 0 bridgehead atoms. The van der Waals surface area contributed by atoms with Crippen molar-refractivity contribution in [3.05, 3.63) is 28.2 Å². The van der Waals surface area contributed by atoms with Crippen LogP contribution in [0.5, 0.6) is 0 Å². The van der Waals surface area contributed by atoms with E-state index in [-0.39, 0.29) is 12.4 Å². The molecule has 0 saturated heterocycles. The summed E-state index contributed by atoms with van der Waals surface area (Å²) in [6, 6.07) is 5.15. The molecule has 2 N–H and O–H groups in total. The van der Waals surface area contributed by atoms with Crippen LogP contribution in [-0.2, 0) is 10.0 Å². The molecular weight excluding hydrogens is 282 g/mol. The van der Waals surface area contributed by atoms with Crippen LogP contribution in [0.1, 0.15) is 5.56 Å². The van der Waals surface area contributed by atoms with Gasteiger partial charge in [-0.2, -0.15) is 0 Å². The molecule has 0 amide bonds. The summed E-state index contributed by atoms with van der Waals surface area (Å²) in [5.74, 6) is -0.290. The third-order valence-corrected chi connectivity index (χ3v) is 3.95. The van der Waals surface area contributed by atoms with Crippen LogP contribution in [0.4, 0.5) is 5.69 Å². The van der Waals surface area contributed by atoms with Gasteiger partial charge in [-0.3, -0.25) is 4.72 Å². The van der Waals surface area contributed by atoms with Crippen molar-refractivity contribution in [2.75, 3.05) is 17.1 Å². The van der Waals surface area contributed by atoms with E-state index in [2.05, 4.69) is 20.7 Å². The zero-order chi connectivity index (χ0) is 11.5. The minimum Gasteiger partial charge on any atom is -0.395 e. The van der Waals surface area contributed by atoms with Crippen molar-refractivity contribution in [3.8, 4) is 0 Å². The highest BCUT2D eigenvalue weighted by Crippen LogP contribution is 2.20. The second-order valence-electron chi connectivity index (χ2n) is 3.11. The van der Waals surface area contributed by atoms with Gasteiger partial charge in [-0.25, -0.2) is 8.42 Å². The molecule has 0 aliphatic rings. The highest BCUT2D eigenvalue weighted by Gasteiger charge is 2.09. The van der Waals surface area contributed by atoms with E-state index >= 15 is 0 Å². The number of nitrogens with one attached hydrogen (secondary N) is 1. The van der Waals surface area contributed by atoms with E-state index in [1.165, 1.54) is 0 Å². The third-order valence-electron chi connectivity index (χ3n) is 1.79. The molecule has 6 heteroatoms. The number of hydrogen-bond acceptors (Lipinski definition) is 3. The molecule has 84 valence electrons. The first kappa shape index (κ1) is 12.5. The van der Waals surface area contributed by atoms with Gasteiger partial charge >= 0.3 is 0 Å². The lowest BCUT2D eigenvalue weighted by Gasteiger charge is -2.08. The van der Waals surface area contributed by atoms with E-state index in [1.54, 1.807) is 18.2 Å². The van der Waals surface area contributed by atoms with Gasteiger partial charge in [0.05, 0.1) is 12.4 Å². The second-order valence-corrected chi connectivity index (χ2v) is 5.80. The maximum Gasteiger partial charge on any atom is 0.234 e. The lowest BCUT2D eigenvalue weighted by atomic mass is 10.2. The summed E-state index contributed by atoms with van der Waals surface area (Å²) in [6.45, 7) is 1.48. The molecular formula is C9H12BrNO3S. The third kappa shape index (κ3) is 3.81. The molecule has 4 nitrogen and oxygen atoms in total. The molecule has 1 aromatic rings. The lowest BCUT2D eigenvalue weighted by Crippen LogP contribution is -2.18. The van der Waals surface area contributed by atoms with Crippen LogP contribution in [0.15, 0.2) is 22.7 Å². The lowest BCUT2D eigenvalue weighted by molar-refractivity contribution is 0.320. The van der Waals surface area contributed by atoms with Crippen LogP contribution in [0.25, 0.3) is 0 Å². The number of benzene rings is 1. The number of aryl methyl sites for hydroxylation is 1. The first-order valence-electron chi connectivity index (χ1n) is 4.32. The molecule has 0 saturated carbocycles. The number of aliphatic hydroxyl groups excluding tert-OH is 1. The van der Waals surface area contributed by atoms with Crippen molar-refractivity contribution in [3.63, 3.8) is 0 Å². The Kier molecular flexibility index (Phi) is 4.12. The average molecular weight is 294 g/mol. The van der Waals surface area contributed by atoms with Crippen molar-refractivity contribution in [1.29, 1.82) is 0 Å². The van der Waals surface area contributed by atoms with E-state index in [9.17, 15) is 8.42 Å². The summed E-state index contributed by atoms with van der Waals surface area (Å²) >= 11 is 3.32. The van der Waals surface area contributed by atoms with Crippen molar-refractivity contribution in [2.24, 2.45) is 0 Å². The second kappa shape index (κ2) is 4.96. The highest BCUT2D eigenvalue weighted by molar-refractivity contribution is 9.10. The molecule has 0 heterocycles. The summed E-state index contributed by atoms with van der Waals surface area (Å²) in [4.78, 5) is 0. The van der Waals surface area contributed by atoms with Gasteiger partial charge in [0.25, 0.3) is 0 Å². The summed E-state index contributed by atoms with van der Waals surface area (Å²) in [5, 5.41) is 8.55. The van der Waals surface area contributed by atoms with E-state index < -0.39 is 10.0 Å². The quantitative estimate of drug-likeness (QED) is 0.884. The van der Waals surface area contributed by atoms with Crippen molar-refractivity contribution in [1.82, 2.24) is 0 Å². The largest absolute Gasteiger partial charge is 0.395 e. The Morgan fingerprint density at radius 1 is 1.47 bits per heavy atom. The van der Waals surface area contributed by atoms with Gasteiger partial charge in [-0.15, -0.1) is 0 Å². The number of halogens is 1. The number of rotatable bonds is 4.